The van der Waals surface area contributed by atoms with Gasteiger partial charge in [0.2, 0.25) is 0 Å². The Labute approximate surface area is 79.8 Å². The van der Waals surface area contributed by atoms with Crippen molar-refractivity contribution in [1.82, 2.24) is 9.97 Å². The molecule has 0 bridgehead atoms. The van der Waals surface area contributed by atoms with Gasteiger partial charge in [0, 0.05) is 11.8 Å². The molecular formula is C8H12N2O2S. The highest BCUT2D eigenvalue weighted by Crippen LogP contribution is 2.01. The van der Waals surface area contributed by atoms with Crippen molar-refractivity contribution in [3.05, 3.63) is 32.6 Å². The van der Waals surface area contributed by atoms with E-state index in [1.807, 2.05) is 0 Å². The lowest BCUT2D eigenvalue weighted by molar-refractivity contribution is 0.965. The van der Waals surface area contributed by atoms with E-state index in [0.29, 0.717) is 12.0 Å². The van der Waals surface area contributed by atoms with Crippen molar-refractivity contribution in [2.24, 2.45) is 0 Å². The molecule has 0 fully saturated rings. The fourth-order valence-electron chi connectivity index (χ4n) is 0.950. The SMILES string of the molecule is CCSCCc1c[nH]c(=O)[nH]c1=O. The number of thioether (sulfide) groups is 1. The molecule has 1 heterocycles. The zero-order valence-corrected chi connectivity index (χ0v) is 8.24. The maximum absolute atomic E-state index is 11.1. The molecule has 0 amide bonds. The van der Waals surface area contributed by atoms with Gasteiger partial charge in [0.15, 0.2) is 0 Å². The van der Waals surface area contributed by atoms with Crippen LogP contribution in [0.4, 0.5) is 0 Å². The van der Waals surface area contributed by atoms with Gasteiger partial charge in [-0.1, -0.05) is 6.92 Å². The minimum Gasteiger partial charge on any atom is -0.314 e. The molecule has 0 spiro atoms. The van der Waals surface area contributed by atoms with Gasteiger partial charge in [-0.2, -0.15) is 11.8 Å². The van der Waals surface area contributed by atoms with Crippen molar-refractivity contribution in [3.8, 4) is 0 Å². The summed E-state index contributed by atoms with van der Waals surface area (Å²) in [5.41, 5.74) is -0.0853. The van der Waals surface area contributed by atoms with Crippen LogP contribution in [0.5, 0.6) is 0 Å². The van der Waals surface area contributed by atoms with Crippen LogP contribution in [0.1, 0.15) is 12.5 Å². The van der Waals surface area contributed by atoms with Gasteiger partial charge in [0.1, 0.15) is 0 Å². The first-order valence-corrected chi connectivity index (χ1v) is 5.28. The highest BCUT2D eigenvalue weighted by atomic mass is 32.2. The van der Waals surface area contributed by atoms with Crippen molar-refractivity contribution in [3.63, 3.8) is 0 Å². The van der Waals surface area contributed by atoms with E-state index >= 15 is 0 Å². The molecule has 0 aliphatic carbocycles. The summed E-state index contributed by atoms with van der Waals surface area (Å²) >= 11 is 1.77. The van der Waals surface area contributed by atoms with Crippen LogP contribution >= 0.6 is 11.8 Å². The molecule has 72 valence electrons. The first-order valence-electron chi connectivity index (χ1n) is 4.12. The Kier molecular flexibility index (Phi) is 3.82. The molecule has 1 aromatic rings. The summed E-state index contributed by atoms with van der Waals surface area (Å²) in [5, 5.41) is 0. The lowest BCUT2D eigenvalue weighted by Crippen LogP contribution is -2.24. The Hall–Kier alpha value is -0.970. The van der Waals surface area contributed by atoms with Crippen LogP contribution in [0.15, 0.2) is 15.8 Å². The minimum atomic E-state index is -0.447. The fourth-order valence-corrected chi connectivity index (χ4v) is 1.60. The molecule has 0 saturated carbocycles. The molecular weight excluding hydrogens is 188 g/mol. The van der Waals surface area contributed by atoms with Gasteiger partial charge in [-0.05, 0) is 17.9 Å². The molecule has 1 aromatic heterocycles. The van der Waals surface area contributed by atoms with Crippen LogP contribution in [0.25, 0.3) is 0 Å². The number of rotatable bonds is 4. The van der Waals surface area contributed by atoms with Gasteiger partial charge >= 0.3 is 5.69 Å². The van der Waals surface area contributed by atoms with Gasteiger partial charge in [0.25, 0.3) is 5.56 Å². The number of hydrogen-bond donors (Lipinski definition) is 2. The molecule has 0 aliphatic heterocycles. The number of aryl methyl sites for hydroxylation is 1. The second-order valence-electron chi connectivity index (χ2n) is 2.54. The average Bonchev–Trinajstić information content (AvgIpc) is 2.09. The second-order valence-corrected chi connectivity index (χ2v) is 3.94. The number of H-pyrrole nitrogens is 2. The third-order valence-corrected chi connectivity index (χ3v) is 2.52. The molecule has 0 saturated heterocycles. The maximum atomic E-state index is 11.1. The number of hydrogen-bond acceptors (Lipinski definition) is 3. The van der Waals surface area contributed by atoms with Crippen molar-refractivity contribution < 1.29 is 0 Å². The topological polar surface area (TPSA) is 65.7 Å². The minimum absolute atomic E-state index is 0.277. The van der Waals surface area contributed by atoms with Gasteiger partial charge in [-0.25, -0.2) is 4.79 Å². The van der Waals surface area contributed by atoms with Crippen molar-refractivity contribution in [2.45, 2.75) is 13.3 Å². The highest BCUT2D eigenvalue weighted by molar-refractivity contribution is 7.99. The van der Waals surface area contributed by atoms with Crippen molar-refractivity contribution in [2.75, 3.05) is 11.5 Å². The molecule has 1 rings (SSSR count). The van der Waals surface area contributed by atoms with E-state index in [1.165, 1.54) is 6.20 Å². The summed E-state index contributed by atoms with van der Waals surface area (Å²) in [6.07, 6.45) is 2.18. The van der Waals surface area contributed by atoms with Crippen LogP contribution in [-0.4, -0.2) is 21.5 Å². The van der Waals surface area contributed by atoms with E-state index in [2.05, 4.69) is 16.9 Å². The summed E-state index contributed by atoms with van der Waals surface area (Å²) < 4.78 is 0. The lowest BCUT2D eigenvalue weighted by atomic mass is 10.3. The largest absolute Gasteiger partial charge is 0.325 e. The number of aromatic nitrogens is 2. The van der Waals surface area contributed by atoms with Crippen LogP contribution in [0.2, 0.25) is 0 Å². The summed E-state index contributed by atoms with van der Waals surface area (Å²) in [5.74, 6) is 1.95. The van der Waals surface area contributed by atoms with Crippen LogP contribution < -0.4 is 11.2 Å². The van der Waals surface area contributed by atoms with Gasteiger partial charge < -0.3 is 4.98 Å². The van der Waals surface area contributed by atoms with E-state index in [-0.39, 0.29) is 5.56 Å². The van der Waals surface area contributed by atoms with Crippen molar-refractivity contribution >= 4 is 11.8 Å². The third kappa shape index (κ3) is 3.10. The monoisotopic (exact) mass is 200 g/mol. The number of nitrogens with one attached hydrogen (secondary N) is 2. The fraction of sp³-hybridized carbons (Fsp3) is 0.500. The Morgan fingerprint density at radius 3 is 2.85 bits per heavy atom. The third-order valence-electron chi connectivity index (χ3n) is 1.62. The molecule has 0 atom stereocenters. The van der Waals surface area contributed by atoms with Gasteiger partial charge in [0.05, 0.1) is 0 Å². The highest BCUT2D eigenvalue weighted by Gasteiger charge is 1.98. The lowest BCUT2D eigenvalue weighted by Gasteiger charge is -1.97. The van der Waals surface area contributed by atoms with E-state index in [0.717, 1.165) is 11.5 Å². The molecule has 4 nitrogen and oxygen atoms in total. The number of aromatic amines is 2. The zero-order chi connectivity index (χ0) is 9.68. The van der Waals surface area contributed by atoms with Gasteiger partial charge in [-0.3, -0.25) is 9.78 Å². The standard InChI is InChI=1S/C8H12N2O2S/c1-2-13-4-3-6-5-9-8(12)10-7(6)11/h5H,2-4H2,1H3,(H2,9,10,11,12). The van der Waals surface area contributed by atoms with E-state index in [1.54, 1.807) is 11.8 Å². The molecule has 0 aromatic carbocycles. The molecule has 0 radical (unpaired) electrons. The van der Waals surface area contributed by atoms with Crippen molar-refractivity contribution in [1.29, 1.82) is 0 Å². The Morgan fingerprint density at radius 2 is 2.23 bits per heavy atom. The first-order chi connectivity index (χ1) is 6.24. The molecule has 5 heteroatoms. The molecule has 0 unspecified atom stereocenters. The Bertz CT molecular complexity index is 369. The molecule has 2 N–H and O–H groups in total. The van der Waals surface area contributed by atoms with Crippen LogP contribution in [0.3, 0.4) is 0 Å². The van der Waals surface area contributed by atoms with Crippen LogP contribution in [-0.2, 0) is 6.42 Å². The van der Waals surface area contributed by atoms with E-state index in [4.69, 9.17) is 0 Å². The summed E-state index contributed by atoms with van der Waals surface area (Å²) in [6, 6.07) is 0. The first kappa shape index (κ1) is 10.1. The van der Waals surface area contributed by atoms with E-state index < -0.39 is 5.69 Å². The summed E-state index contributed by atoms with van der Waals surface area (Å²) in [4.78, 5) is 26.4. The normalized spacial score (nSPS) is 10.2. The van der Waals surface area contributed by atoms with E-state index in [9.17, 15) is 9.59 Å². The molecule has 0 aliphatic rings. The second kappa shape index (κ2) is 4.91. The average molecular weight is 200 g/mol. The maximum Gasteiger partial charge on any atom is 0.325 e. The van der Waals surface area contributed by atoms with Gasteiger partial charge in [-0.15, -0.1) is 0 Å². The predicted molar refractivity (Wildman–Crippen MR) is 54.4 cm³/mol. The zero-order valence-electron chi connectivity index (χ0n) is 7.42. The Balaban J connectivity index is 2.67. The Morgan fingerprint density at radius 1 is 1.46 bits per heavy atom. The quantitative estimate of drug-likeness (QED) is 0.690. The summed E-state index contributed by atoms with van der Waals surface area (Å²) in [6.45, 7) is 2.07. The smallest absolute Gasteiger partial charge is 0.314 e. The van der Waals surface area contributed by atoms with Crippen LogP contribution in [0, 0.1) is 0 Å². The predicted octanol–water partition coefficient (Wildman–Crippen LogP) is 0.359. The summed E-state index contributed by atoms with van der Waals surface area (Å²) in [7, 11) is 0. The molecule has 13 heavy (non-hydrogen) atoms.